The number of nitrogens with one attached hydrogen (secondary N) is 1. The smallest absolute Gasteiger partial charge is 0.214 e. The summed E-state index contributed by atoms with van der Waals surface area (Å²) in [5.74, 6) is 1.17. The van der Waals surface area contributed by atoms with E-state index in [9.17, 15) is 8.42 Å². The highest BCUT2D eigenvalue weighted by atomic mass is 35.5. The molecule has 0 radical (unpaired) electrons. The predicted molar refractivity (Wildman–Crippen MR) is 69.9 cm³/mol. The molecule has 1 saturated heterocycles. The summed E-state index contributed by atoms with van der Waals surface area (Å²) in [5, 5.41) is 0. The number of ether oxygens (including phenoxy) is 1. The Hall–Kier alpha value is 0.160. The fraction of sp³-hybridized carbons (Fsp3) is 1.00. The van der Waals surface area contributed by atoms with E-state index in [1.807, 2.05) is 0 Å². The van der Waals surface area contributed by atoms with Crippen LogP contribution < -0.4 is 4.72 Å². The molecule has 1 heterocycles. The zero-order valence-corrected chi connectivity index (χ0v) is 11.9. The first-order valence-electron chi connectivity index (χ1n) is 6.18. The maximum atomic E-state index is 11.7. The molecule has 1 aliphatic heterocycles. The van der Waals surface area contributed by atoms with Crippen molar-refractivity contribution in [2.45, 2.75) is 38.7 Å². The van der Waals surface area contributed by atoms with Crippen molar-refractivity contribution in [1.29, 1.82) is 0 Å². The van der Waals surface area contributed by atoms with E-state index < -0.39 is 10.0 Å². The van der Waals surface area contributed by atoms with E-state index in [1.54, 1.807) is 0 Å². The number of hydrogen-bond donors (Lipinski definition) is 1. The average Bonchev–Trinajstić information content (AvgIpc) is 2.76. The Bertz CT molecular complexity index is 302. The number of halogens is 1. The zero-order chi connectivity index (χ0) is 12.7. The Labute approximate surface area is 109 Å². The molecule has 0 saturated carbocycles. The third kappa shape index (κ3) is 6.60. The maximum absolute atomic E-state index is 11.7. The quantitative estimate of drug-likeness (QED) is 0.545. The van der Waals surface area contributed by atoms with E-state index in [2.05, 4.69) is 11.6 Å². The molecular weight excluding hydrogens is 262 g/mol. The first-order chi connectivity index (χ1) is 8.03. The van der Waals surface area contributed by atoms with Crippen LogP contribution in [0.2, 0.25) is 0 Å². The lowest BCUT2D eigenvalue weighted by Gasteiger charge is -2.12. The molecule has 0 amide bonds. The third-order valence-corrected chi connectivity index (χ3v) is 4.87. The number of rotatable bonds is 8. The second-order valence-electron chi connectivity index (χ2n) is 4.71. The molecule has 2 atom stereocenters. The fourth-order valence-electron chi connectivity index (χ4n) is 1.83. The van der Waals surface area contributed by atoms with E-state index in [1.165, 1.54) is 0 Å². The Morgan fingerprint density at radius 1 is 1.53 bits per heavy atom. The van der Waals surface area contributed by atoms with Crippen molar-refractivity contribution < 1.29 is 13.2 Å². The Morgan fingerprint density at radius 2 is 2.29 bits per heavy atom. The minimum Gasteiger partial charge on any atom is -0.377 e. The topological polar surface area (TPSA) is 55.4 Å². The van der Waals surface area contributed by atoms with Crippen molar-refractivity contribution in [1.82, 2.24) is 4.72 Å². The van der Waals surface area contributed by atoms with Crippen molar-refractivity contribution in [2.75, 3.05) is 24.8 Å². The largest absolute Gasteiger partial charge is 0.377 e. The molecule has 1 fully saturated rings. The maximum Gasteiger partial charge on any atom is 0.214 e. The zero-order valence-electron chi connectivity index (χ0n) is 10.3. The van der Waals surface area contributed by atoms with E-state index >= 15 is 0 Å². The molecule has 17 heavy (non-hydrogen) atoms. The summed E-state index contributed by atoms with van der Waals surface area (Å²) in [6, 6.07) is 0. The van der Waals surface area contributed by atoms with Crippen LogP contribution in [0.5, 0.6) is 0 Å². The standard InChI is InChI=1S/C11H22ClNO3S/c1-10(8-12)4-2-6-13-17(14,15)9-11-5-3-7-16-11/h10-11,13H,2-9H2,1H3. The average molecular weight is 284 g/mol. The van der Waals surface area contributed by atoms with Crippen LogP contribution in [-0.4, -0.2) is 39.3 Å². The second-order valence-corrected chi connectivity index (χ2v) is 6.87. The van der Waals surface area contributed by atoms with E-state index in [-0.39, 0.29) is 11.9 Å². The van der Waals surface area contributed by atoms with Gasteiger partial charge in [0.1, 0.15) is 0 Å². The minimum absolute atomic E-state index is 0.0953. The summed E-state index contributed by atoms with van der Waals surface area (Å²) < 4.78 is 31.3. The van der Waals surface area contributed by atoms with Gasteiger partial charge in [-0.15, -0.1) is 11.6 Å². The molecule has 102 valence electrons. The number of sulfonamides is 1. The highest BCUT2D eigenvalue weighted by molar-refractivity contribution is 7.89. The normalized spacial score (nSPS) is 22.8. The molecule has 0 aliphatic carbocycles. The highest BCUT2D eigenvalue weighted by Gasteiger charge is 2.22. The summed E-state index contributed by atoms with van der Waals surface area (Å²) in [7, 11) is -3.18. The van der Waals surface area contributed by atoms with Gasteiger partial charge in [0, 0.05) is 19.0 Å². The Kier molecular flexibility index (Phi) is 6.77. The number of alkyl halides is 1. The molecular formula is C11H22ClNO3S. The lowest BCUT2D eigenvalue weighted by atomic mass is 10.1. The van der Waals surface area contributed by atoms with E-state index in [0.717, 1.165) is 25.7 Å². The van der Waals surface area contributed by atoms with Crippen LogP contribution in [0.25, 0.3) is 0 Å². The predicted octanol–water partition coefficient (Wildman–Crippen LogP) is 1.74. The Morgan fingerprint density at radius 3 is 2.88 bits per heavy atom. The van der Waals surface area contributed by atoms with Crippen LogP contribution in [0.1, 0.15) is 32.6 Å². The minimum atomic E-state index is -3.18. The van der Waals surface area contributed by atoms with Crippen LogP contribution in [0, 0.1) is 5.92 Å². The summed E-state index contributed by atoms with van der Waals surface area (Å²) in [6.45, 7) is 3.25. The highest BCUT2D eigenvalue weighted by Crippen LogP contribution is 2.13. The monoisotopic (exact) mass is 283 g/mol. The molecule has 2 unspecified atom stereocenters. The van der Waals surface area contributed by atoms with Gasteiger partial charge in [-0.3, -0.25) is 0 Å². The molecule has 0 aromatic rings. The van der Waals surface area contributed by atoms with Gasteiger partial charge in [0.2, 0.25) is 10.0 Å². The van der Waals surface area contributed by atoms with Crippen molar-refractivity contribution in [3.8, 4) is 0 Å². The van der Waals surface area contributed by atoms with Gasteiger partial charge >= 0.3 is 0 Å². The molecule has 0 spiro atoms. The Balaban J connectivity index is 2.15. The summed E-state index contributed by atoms with van der Waals surface area (Å²) in [6.07, 6.45) is 3.48. The third-order valence-electron chi connectivity index (χ3n) is 2.89. The lowest BCUT2D eigenvalue weighted by Crippen LogP contribution is -2.32. The van der Waals surface area contributed by atoms with E-state index in [0.29, 0.717) is 24.9 Å². The molecule has 1 N–H and O–H groups in total. The lowest BCUT2D eigenvalue weighted by molar-refractivity contribution is 0.127. The first-order valence-corrected chi connectivity index (χ1v) is 8.37. The summed E-state index contributed by atoms with van der Waals surface area (Å²) in [5.41, 5.74) is 0. The van der Waals surface area contributed by atoms with Crippen molar-refractivity contribution in [2.24, 2.45) is 5.92 Å². The second kappa shape index (κ2) is 7.56. The van der Waals surface area contributed by atoms with Crippen LogP contribution in [0.4, 0.5) is 0 Å². The van der Waals surface area contributed by atoms with Gasteiger partial charge in [0.25, 0.3) is 0 Å². The molecule has 1 rings (SSSR count). The van der Waals surface area contributed by atoms with Crippen LogP contribution in [0.15, 0.2) is 0 Å². The molecule has 0 aromatic heterocycles. The van der Waals surface area contributed by atoms with Crippen molar-refractivity contribution in [3.05, 3.63) is 0 Å². The van der Waals surface area contributed by atoms with Gasteiger partial charge in [-0.1, -0.05) is 6.92 Å². The summed E-state index contributed by atoms with van der Waals surface area (Å²) in [4.78, 5) is 0. The van der Waals surface area contributed by atoms with Gasteiger partial charge in [0.05, 0.1) is 11.9 Å². The molecule has 6 heteroatoms. The first kappa shape index (κ1) is 15.2. The van der Waals surface area contributed by atoms with Gasteiger partial charge in [-0.05, 0) is 31.6 Å². The van der Waals surface area contributed by atoms with Crippen molar-refractivity contribution >= 4 is 21.6 Å². The molecule has 0 bridgehead atoms. The van der Waals surface area contributed by atoms with Gasteiger partial charge in [-0.25, -0.2) is 13.1 Å². The van der Waals surface area contributed by atoms with Gasteiger partial charge < -0.3 is 4.74 Å². The SMILES string of the molecule is CC(CCl)CCCNS(=O)(=O)CC1CCCO1. The van der Waals surface area contributed by atoms with Crippen LogP contribution >= 0.6 is 11.6 Å². The van der Waals surface area contributed by atoms with Gasteiger partial charge in [0.15, 0.2) is 0 Å². The van der Waals surface area contributed by atoms with E-state index in [4.69, 9.17) is 16.3 Å². The van der Waals surface area contributed by atoms with Gasteiger partial charge in [-0.2, -0.15) is 0 Å². The summed E-state index contributed by atoms with van der Waals surface area (Å²) >= 11 is 5.68. The molecule has 4 nitrogen and oxygen atoms in total. The van der Waals surface area contributed by atoms with Crippen LogP contribution in [-0.2, 0) is 14.8 Å². The van der Waals surface area contributed by atoms with Crippen LogP contribution in [0.3, 0.4) is 0 Å². The molecule has 1 aliphatic rings. The fourth-order valence-corrected chi connectivity index (χ4v) is 3.31. The molecule has 0 aromatic carbocycles. The number of hydrogen-bond acceptors (Lipinski definition) is 3. The van der Waals surface area contributed by atoms with Crippen molar-refractivity contribution in [3.63, 3.8) is 0 Å².